The first-order valence-corrected chi connectivity index (χ1v) is 10.4. The number of ether oxygens (including phenoxy) is 1. The lowest BCUT2D eigenvalue weighted by Crippen LogP contribution is -2.65. The molecule has 2 heterocycles. The van der Waals surface area contributed by atoms with Crippen molar-refractivity contribution in [1.82, 2.24) is 10.2 Å². The summed E-state index contributed by atoms with van der Waals surface area (Å²) in [5, 5.41) is 4.71. The number of hydrogen-bond donors (Lipinski definition) is 1. The van der Waals surface area contributed by atoms with E-state index in [9.17, 15) is 14.4 Å². The summed E-state index contributed by atoms with van der Waals surface area (Å²) in [6.07, 6.45) is 1.09. The summed E-state index contributed by atoms with van der Waals surface area (Å²) in [5.74, 6) is -0.254. The molecular formula is C23H27N3O4. The van der Waals surface area contributed by atoms with Crippen molar-refractivity contribution < 1.29 is 19.1 Å². The minimum Gasteiger partial charge on any atom is -0.444 e. The second kappa shape index (κ2) is 7.63. The van der Waals surface area contributed by atoms with Gasteiger partial charge in [0.25, 0.3) is 0 Å². The summed E-state index contributed by atoms with van der Waals surface area (Å²) in [4.78, 5) is 41.7. The van der Waals surface area contributed by atoms with Gasteiger partial charge in [-0.1, -0.05) is 36.4 Å². The maximum Gasteiger partial charge on any atom is 0.407 e. The number of nitrogens with zero attached hydrogens (tertiary/aromatic N) is 2. The number of rotatable bonds is 2. The second-order valence-corrected chi connectivity index (χ2v) is 8.87. The zero-order valence-corrected chi connectivity index (χ0v) is 17.6. The summed E-state index contributed by atoms with van der Waals surface area (Å²) < 4.78 is 5.36. The summed E-state index contributed by atoms with van der Waals surface area (Å²) >= 11 is 0. The molecule has 2 aliphatic rings. The molecule has 158 valence electrons. The molecule has 2 atom stereocenters. The van der Waals surface area contributed by atoms with E-state index in [0.717, 1.165) is 17.2 Å². The van der Waals surface area contributed by atoms with Gasteiger partial charge in [-0.15, -0.1) is 0 Å². The lowest BCUT2D eigenvalue weighted by molar-refractivity contribution is -0.121. The normalized spacial score (nSPS) is 22.1. The van der Waals surface area contributed by atoms with E-state index < -0.39 is 11.7 Å². The van der Waals surface area contributed by atoms with Crippen LogP contribution in [0.25, 0.3) is 10.8 Å². The monoisotopic (exact) mass is 409 g/mol. The zero-order valence-electron chi connectivity index (χ0n) is 17.6. The minimum absolute atomic E-state index is 0.162. The van der Waals surface area contributed by atoms with Gasteiger partial charge in [-0.2, -0.15) is 0 Å². The predicted molar refractivity (Wildman–Crippen MR) is 114 cm³/mol. The van der Waals surface area contributed by atoms with E-state index in [0.29, 0.717) is 18.7 Å². The maximum absolute atomic E-state index is 13.4. The Kier molecular flexibility index (Phi) is 5.13. The third-order valence-electron chi connectivity index (χ3n) is 5.56. The highest BCUT2D eigenvalue weighted by molar-refractivity contribution is 6.20. The fourth-order valence-corrected chi connectivity index (χ4v) is 4.32. The third kappa shape index (κ3) is 3.84. The van der Waals surface area contributed by atoms with Crippen LogP contribution in [0.3, 0.4) is 0 Å². The number of urea groups is 1. The van der Waals surface area contributed by atoms with Crippen molar-refractivity contribution >= 4 is 34.5 Å². The highest BCUT2D eigenvalue weighted by atomic mass is 16.6. The number of amides is 4. The van der Waals surface area contributed by atoms with Gasteiger partial charge in [0.15, 0.2) is 0 Å². The molecule has 7 heteroatoms. The Balaban J connectivity index is 1.59. The van der Waals surface area contributed by atoms with Crippen LogP contribution in [0, 0.1) is 0 Å². The highest BCUT2D eigenvalue weighted by Gasteiger charge is 2.45. The Morgan fingerprint density at radius 3 is 2.60 bits per heavy atom. The van der Waals surface area contributed by atoms with Gasteiger partial charge in [-0.25, -0.2) is 14.5 Å². The van der Waals surface area contributed by atoms with Gasteiger partial charge in [0.1, 0.15) is 5.60 Å². The molecular weight excluding hydrogens is 382 g/mol. The first kappa shape index (κ1) is 20.2. The van der Waals surface area contributed by atoms with Crippen molar-refractivity contribution in [2.45, 2.75) is 57.7 Å². The molecule has 2 saturated heterocycles. The van der Waals surface area contributed by atoms with E-state index >= 15 is 0 Å². The average Bonchev–Trinajstić information content (AvgIpc) is 2.67. The number of alkyl carbamates (subject to hydrolysis) is 1. The summed E-state index contributed by atoms with van der Waals surface area (Å²) in [5.41, 5.74) is -0.00860. The molecule has 2 aliphatic heterocycles. The number of carbonyl (C=O) groups excluding carboxylic acids is 3. The van der Waals surface area contributed by atoms with Gasteiger partial charge in [0, 0.05) is 11.9 Å². The van der Waals surface area contributed by atoms with E-state index in [-0.39, 0.29) is 30.4 Å². The van der Waals surface area contributed by atoms with Crippen molar-refractivity contribution in [1.29, 1.82) is 0 Å². The standard InChI is InChI=1S/C23H27N3O4/c1-23(2,3)30-21(28)24-17-11-7-13-25-19(17)14-20(27)26(22(25)29)18-12-6-9-15-8-4-5-10-16(15)18/h4-6,8-10,12,17,19H,7,11,13-14H2,1-3H3,(H,24,28). The smallest absolute Gasteiger partial charge is 0.407 e. The van der Waals surface area contributed by atoms with Crippen LogP contribution in [0.4, 0.5) is 15.3 Å². The molecule has 0 saturated carbocycles. The van der Waals surface area contributed by atoms with E-state index in [2.05, 4.69) is 5.32 Å². The minimum atomic E-state index is -0.609. The van der Waals surface area contributed by atoms with Gasteiger partial charge >= 0.3 is 12.1 Å². The molecule has 2 aromatic rings. The Morgan fingerprint density at radius 1 is 1.10 bits per heavy atom. The van der Waals surface area contributed by atoms with Crippen molar-refractivity contribution in [3.05, 3.63) is 42.5 Å². The van der Waals surface area contributed by atoms with Gasteiger partial charge in [-0.05, 0) is 45.1 Å². The number of carbonyl (C=O) groups is 3. The predicted octanol–water partition coefficient (Wildman–Crippen LogP) is 4.05. The average molecular weight is 409 g/mol. The molecule has 0 aromatic heterocycles. The van der Waals surface area contributed by atoms with Crippen LogP contribution in [0.2, 0.25) is 0 Å². The summed E-state index contributed by atoms with van der Waals surface area (Å²) in [6, 6.07) is 12.3. The highest BCUT2D eigenvalue weighted by Crippen LogP contribution is 2.34. The SMILES string of the molecule is CC(C)(C)OC(=O)NC1CCCN2C(=O)N(c3cccc4ccccc34)C(=O)CC12. The van der Waals surface area contributed by atoms with Crippen LogP contribution in [0.1, 0.15) is 40.0 Å². The third-order valence-corrected chi connectivity index (χ3v) is 5.56. The van der Waals surface area contributed by atoms with E-state index in [1.165, 1.54) is 4.90 Å². The first-order chi connectivity index (χ1) is 14.2. The maximum atomic E-state index is 13.4. The van der Waals surface area contributed by atoms with Crippen LogP contribution in [-0.2, 0) is 9.53 Å². The second-order valence-electron chi connectivity index (χ2n) is 8.87. The van der Waals surface area contributed by atoms with E-state index in [1.807, 2.05) is 36.4 Å². The summed E-state index contributed by atoms with van der Waals surface area (Å²) in [7, 11) is 0. The van der Waals surface area contributed by atoms with Gasteiger partial charge < -0.3 is 15.0 Å². The van der Waals surface area contributed by atoms with Crippen molar-refractivity contribution in [2.75, 3.05) is 11.4 Å². The number of piperidine rings is 1. The molecule has 4 amide bonds. The molecule has 2 fully saturated rings. The molecule has 30 heavy (non-hydrogen) atoms. The van der Waals surface area contributed by atoms with Crippen LogP contribution in [0.15, 0.2) is 42.5 Å². The van der Waals surface area contributed by atoms with Gasteiger partial charge in [-0.3, -0.25) is 4.79 Å². The lowest BCUT2D eigenvalue weighted by Gasteiger charge is -2.46. The Morgan fingerprint density at radius 2 is 1.83 bits per heavy atom. The zero-order chi connectivity index (χ0) is 21.5. The Labute approximate surface area is 176 Å². The quantitative estimate of drug-likeness (QED) is 0.811. The number of benzene rings is 2. The molecule has 7 nitrogen and oxygen atoms in total. The molecule has 2 aromatic carbocycles. The van der Waals surface area contributed by atoms with Crippen LogP contribution < -0.4 is 10.2 Å². The van der Waals surface area contributed by atoms with Crippen molar-refractivity contribution in [3.8, 4) is 0 Å². The van der Waals surface area contributed by atoms with Crippen LogP contribution in [0.5, 0.6) is 0 Å². The molecule has 4 rings (SSSR count). The molecule has 0 bridgehead atoms. The first-order valence-electron chi connectivity index (χ1n) is 10.4. The number of anilines is 1. The fourth-order valence-electron chi connectivity index (χ4n) is 4.32. The number of imide groups is 1. The van der Waals surface area contributed by atoms with Gasteiger partial charge in [0.2, 0.25) is 5.91 Å². The summed E-state index contributed by atoms with van der Waals surface area (Å²) in [6.45, 7) is 5.96. The fraction of sp³-hybridized carbons (Fsp3) is 0.435. The topological polar surface area (TPSA) is 79.0 Å². The number of nitrogens with one attached hydrogen (secondary N) is 1. The van der Waals surface area contributed by atoms with E-state index in [4.69, 9.17) is 4.74 Å². The molecule has 2 unspecified atom stereocenters. The lowest BCUT2D eigenvalue weighted by atomic mass is 9.91. The van der Waals surface area contributed by atoms with Crippen molar-refractivity contribution in [2.24, 2.45) is 0 Å². The van der Waals surface area contributed by atoms with Crippen molar-refractivity contribution in [3.63, 3.8) is 0 Å². The number of hydrogen-bond acceptors (Lipinski definition) is 4. The van der Waals surface area contributed by atoms with Crippen LogP contribution in [-0.4, -0.2) is 47.2 Å². The Bertz CT molecular complexity index is 992. The van der Waals surface area contributed by atoms with Crippen LogP contribution >= 0.6 is 0 Å². The molecule has 1 N–H and O–H groups in total. The molecule has 0 aliphatic carbocycles. The largest absolute Gasteiger partial charge is 0.444 e. The van der Waals surface area contributed by atoms with E-state index in [1.54, 1.807) is 31.7 Å². The molecule has 0 spiro atoms. The van der Waals surface area contributed by atoms with Gasteiger partial charge in [0.05, 0.1) is 24.2 Å². The Hall–Kier alpha value is -3.09. The molecule has 0 radical (unpaired) electrons. The number of fused-ring (bicyclic) bond motifs is 2.